The van der Waals surface area contributed by atoms with E-state index in [1.807, 2.05) is 0 Å². The lowest BCUT2D eigenvalue weighted by Crippen LogP contribution is -2.61. The summed E-state index contributed by atoms with van der Waals surface area (Å²) in [5, 5.41) is 10.4. The van der Waals surface area contributed by atoms with Crippen LogP contribution in [0.2, 0.25) is 0 Å². The van der Waals surface area contributed by atoms with E-state index in [0.29, 0.717) is 0 Å². The van der Waals surface area contributed by atoms with Crippen LogP contribution in [0.3, 0.4) is 0 Å². The van der Waals surface area contributed by atoms with Crippen molar-refractivity contribution in [2.45, 2.75) is 183 Å². The smallest absolute Gasteiger partial charge is 0.252 e. The molecule has 1 aromatic heterocycles. The van der Waals surface area contributed by atoms with Crippen LogP contribution in [0.5, 0.6) is 0 Å². The molecule has 3 heterocycles. The lowest BCUT2D eigenvalue weighted by atomic mass is 9.33. The standard InChI is InChI=1S/C120H114BN3/c1-114(2,3)85-49-38-75(39-50-85)95-64-83(73-30-24-22-25-31-73)65-96(76-40-51-86(52-41-76)115(4,5)6)112(95)123-101-59-48-81(82-62-89(118(13,14)15)69-90(63-82)119(16,17)18)68-100(101)121-99-58-57-92(122-102-60-46-79-34-28-36-93-94-37-29-35-80-47-61-103(122)110(108(80)94)109(102)107(79)93)72-104(99)124(106-71-91(120(19,20)21)70-105(123)111(106)121)113-97(77-42-53-87(54-43-77)116(7,8)9)66-84(74-32-26-23-27-33-74)67-98(113)78-44-55-88(56-45-78)117(10,11)12/h22-72H,1-21H3. The van der Waals surface area contributed by atoms with Crippen molar-refractivity contribution < 1.29 is 0 Å². The summed E-state index contributed by atoms with van der Waals surface area (Å²) in [4.78, 5) is 5.58. The molecule has 124 heavy (non-hydrogen) atoms. The molecule has 0 fully saturated rings. The largest absolute Gasteiger partial charge is 0.310 e. The fraction of sp³-hybridized carbons (Fsp3) is 0.233. The van der Waals surface area contributed by atoms with Gasteiger partial charge in [0.1, 0.15) is 0 Å². The molecule has 0 N–H and O–H groups in total. The van der Waals surface area contributed by atoms with Gasteiger partial charge in [-0.1, -0.05) is 388 Å². The quantitative estimate of drug-likeness (QED) is 0.0768. The maximum Gasteiger partial charge on any atom is 0.252 e. The van der Waals surface area contributed by atoms with Crippen molar-refractivity contribution in [3.8, 4) is 83.6 Å². The van der Waals surface area contributed by atoms with Crippen LogP contribution in [-0.4, -0.2) is 11.3 Å². The molecule has 2 aliphatic rings. The third-order valence-electron chi connectivity index (χ3n) is 27.4. The second-order valence-corrected chi connectivity index (χ2v) is 43.0. The van der Waals surface area contributed by atoms with E-state index in [2.05, 4.69) is 469 Å². The molecule has 0 amide bonds. The number of fused-ring (bicyclic) bond motifs is 5. The lowest BCUT2D eigenvalue weighted by molar-refractivity contribution is 0.569. The third kappa shape index (κ3) is 13.5. The second kappa shape index (κ2) is 28.5. The molecule has 0 saturated heterocycles. The number of nitrogens with zero attached hydrogens (tertiary/aromatic N) is 3. The van der Waals surface area contributed by atoms with Crippen LogP contribution >= 0.6 is 0 Å². The normalized spacial score (nSPS) is 13.5. The van der Waals surface area contributed by atoms with Crippen LogP contribution in [0.1, 0.15) is 184 Å². The molecule has 3 nitrogen and oxygen atoms in total. The Labute approximate surface area is 735 Å². The first-order valence-corrected chi connectivity index (χ1v) is 45.0. The first kappa shape index (κ1) is 79.9. The van der Waals surface area contributed by atoms with E-state index in [1.165, 1.54) is 126 Å². The molecular formula is C120H114BN3. The number of hydrogen-bond acceptors (Lipinski definition) is 2. The summed E-state index contributed by atoms with van der Waals surface area (Å²) < 4.78 is 2.62. The Morgan fingerprint density at radius 2 is 0.556 bits per heavy atom. The van der Waals surface area contributed by atoms with Gasteiger partial charge in [-0.15, -0.1) is 0 Å². The highest BCUT2D eigenvalue weighted by Crippen LogP contribution is 2.57. The number of rotatable bonds is 10. The van der Waals surface area contributed by atoms with E-state index < -0.39 is 0 Å². The SMILES string of the molecule is CC(C)(C)c1ccc(-c2cc(-c3ccccc3)cc(-c3ccc(C(C)(C)C)cc3)c2N2c3ccc(-c4cc(C(C)(C)C)cc(C(C)(C)C)c4)cc3B3c4ccc(-n5c6ccc7cccc8c9cccc%10ccc5c(c%109)c6c78)cc4N(c4c(-c5ccc(C(C)(C)C)cc5)cc(-c5ccccc5)cc4-c4ccc(C(C)(C)C)cc4)c4cc(C(C)(C)C)cc2c43)cc1. The van der Waals surface area contributed by atoms with Crippen molar-refractivity contribution in [3.05, 3.63) is 348 Å². The van der Waals surface area contributed by atoms with Crippen LogP contribution in [0.4, 0.5) is 34.1 Å². The van der Waals surface area contributed by atoms with Gasteiger partial charge in [-0.25, -0.2) is 0 Å². The molecule has 0 spiro atoms. The van der Waals surface area contributed by atoms with E-state index in [9.17, 15) is 0 Å². The zero-order chi connectivity index (χ0) is 86.5. The average molecular weight is 1610 g/mol. The fourth-order valence-electron chi connectivity index (χ4n) is 20.2. The molecule has 17 aromatic carbocycles. The Morgan fingerprint density at radius 3 is 0.927 bits per heavy atom. The minimum absolute atomic E-state index is 0.0799. The van der Waals surface area contributed by atoms with E-state index in [-0.39, 0.29) is 44.6 Å². The molecule has 2 aliphatic heterocycles. The number of benzene rings is 17. The molecule has 612 valence electrons. The van der Waals surface area contributed by atoms with Gasteiger partial charge in [0.15, 0.2) is 0 Å². The second-order valence-electron chi connectivity index (χ2n) is 43.0. The first-order chi connectivity index (χ1) is 58.9. The van der Waals surface area contributed by atoms with Crippen LogP contribution in [0, 0.1) is 0 Å². The zero-order valence-corrected chi connectivity index (χ0v) is 76.4. The third-order valence-corrected chi connectivity index (χ3v) is 27.4. The minimum Gasteiger partial charge on any atom is -0.310 e. The number of anilines is 6. The van der Waals surface area contributed by atoms with Gasteiger partial charge < -0.3 is 14.4 Å². The van der Waals surface area contributed by atoms with Crippen molar-refractivity contribution >= 4 is 111 Å². The highest BCUT2D eigenvalue weighted by molar-refractivity contribution is 7.00. The Hall–Kier alpha value is -12.5. The van der Waals surface area contributed by atoms with E-state index in [4.69, 9.17) is 0 Å². The van der Waals surface area contributed by atoms with Crippen molar-refractivity contribution in [2.75, 3.05) is 9.80 Å². The molecule has 0 bridgehead atoms. The molecular weight excluding hydrogens is 1490 g/mol. The van der Waals surface area contributed by atoms with Crippen LogP contribution in [0.15, 0.2) is 309 Å². The van der Waals surface area contributed by atoms with Gasteiger partial charge in [-0.05, 0) is 248 Å². The maximum atomic E-state index is 2.80. The maximum absolute atomic E-state index is 2.80. The van der Waals surface area contributed by atoms with Crippen molar-refractivity contribution in [3.63, 3.8) is 0 Å². The van der Waals surface area contributed by atoms with Crippen LogP contribution < -0.4 is 26.2 Å². The number of aromatic nitrogens is 1. The Bertz CT molecular complexity index is 6960. The van der Waals surface area contributed by atoms with Gasteiger partial charge in [0.05, 0.1) is 22.4 Å². The van der Waals surface area contributed by atoms with Crippen molar-refractivity contribution in [1.82, 2.24) is 4.57 Å². The predicted octanol–water partition coefficient (Wildman–Crippen LogP) is 32.0. The summed E-state index contributed by atoms with van der Waals surface area (Å²) in [6.07, 6.45) is 0. The summed E-state index contributed by atoms with van der Waals surface area (Å²) in [7, 11) is 0. The summed E-state index contributed by atoms with van der Waals surface area (Å²) in [5.74, 6) is 0. The van der Waals surface area contributed by atoms with Crippen LogP contribution in [0.25, 0.3) is 138 Å². The lowest BCUT2D eigenvalue weighted by Gasteiger charge is -2.46. The summed E-state index contributed by atoms with van der Waals surface area (Å²) in [6, 6.07) is 122. The summed E-state index contributed by atoms with van der Waals surface area (Å²) >= 11 is 0. The van der Waals surface area contributed by atoms with Crippen molar-refractivity contribution in [2.24, 2.45) is 0 Å². The van der Waals surface area contributed by atoms with E-state index in [0.717, 1.165) is 101 Å². The van der Waals surface area contributed by atoms with Gasteiger partial charge >= 0.3 is 0 Å². The monoisotopic (exact) mass is 1610 g/mol. The van der Waals surface area contributed by atoms with Gasteiger partial charge in [0.2, 0.25) is 0 Å². The minimum atomic E-state index is -0.380. The van der Waals surface area contributed by atoms with Gasteiger partial charge in [-0.2, -0.15) is 0 Å². The fourth-order valence-corrected chi connectivity index (χ4v) is 20.2. The predicted molar refractivity (Wildman–Crippen MR) is 539 cm³/mol. The van der Waals surface area contributed by atoms with Crippen LogP contribution in [-0.2, 0) is 37.9 Å². The molecule has 0 atom stereocenters. The molecule has 18 aromatic rings. The summed E-state index contributed by atoms with van der Waals surface area (Å²) in [6.45, 7) is 49.2. The highest BCUT2D eigenvalue weighted by atomic mass is 15.2. The highest BCUT2D eigenvalue weighted by Gasteiger charge is 2.47. The number of hydrogen-bond donors (Lipinski definition) is 0. The molecule has 20 rings (SSSR count). The molecule has 4 heteroatoms. The summed E-state index contributed by atoms with van der Waals surface area (Å²) in [5.41, 5.74) is 38.4. The van der Waals surface area contributed by atoms with Gasteiger partial charge in [0, 0.05) is 61.5 Å². The molecule has 0 saturated carbocycles. The Kier molecular flexibility index (Phi) is 18.4. The zero-order valence-electron chi connectivity index (χ0n) is 76.4. The van der Waals surface area contributed by atoms with E-state index >= 15 is 0 Å². The van der Waals surface area contributed by atoms with Gasteiger partial charge in [-0.3, -0.25) is 0 Å². The first-order valence-electron chi connectivity index (χ1n) is 45.0. The Balaban J connectivity index is 0.985. The molecule has 0 aliphatic carbocycles. The topological polar surface area (TPSA) is 11.4 Å². The molecule has 0 radical (unpaired) electrons. The van der Waals surface area contributed by atoms with Crippen molar-refractivity contribution in [1.29, 1.82) is 0 Å². The Morgan fingerprint density at radius 1 is 0.210 bits per heavy atom. The van der Waals surface area contributed by atoms with E-state index in [1.54, 1.807) is 0 Å². The molecule has 0 unspecified atom stereocenters. The van der Waals surface area contributed by atoms with Gasteiger partial charge in [0.25, 0.3) is 6.71 Å². The average Bonchev–Trinajstić information content (AvgIpc) is 1.34.